The van der Waals surface area contributed by atoms with Gasteiger partial charge in [-0.3, -0.25) is 9.59 Å². The third-order valence-corrected chi connectivity index (χ3v) is 2.04. The SMILES string of the molecule is CCCCC(=O)OC(=O)CCC(C)(C)C. The third-order valence-electron chi connectivity index (χ3n) is 2.04. The van der Waals surface area contributed by atoms with Crippen LogP contribution in [0.5, 0.6) is 0 Å². The highest BCUT2D eigenvalue weighted by molar-refractivity contribution is 5.85. The Hall–Kier alpha value is -0.860. The molecule has 0 aromatic carbocycles. The minimum Gasteiger partial charge on any atom is -0.393 e. The van der Waals surface area contributed by atoms with Gasteiger partial charge < -0.3 is 4.74 Å². The quantitative estimate of drug-likeness (QED) is 0.522. The van der Waals surface area contributed by atoms with Gasteiger partial charge in [-0.25, -0.2) is 0 Å². The van der Waals surface area contributed by atoms with Gasteiger partial charge in [-0.1, -0.05) is 34.1 Å². The predicted molar refractivity (Wildman–Crippen MR) is 59.3 cm³/mol. The zero-order valence-corrected chi connectivity index (χ0v) is 10.3. The fraction of sp³-hybridized carbons (Fsp3) is 0.833. The summed E-state index contributed by atoms with van der Waals surface area (Å²) in [5, 5.41) is 0. The number of ether oxygens (including phenoxy) is 1. The highest BCUT2D eigenvalue weighted by Gasteiger charge is 2.15. The van der Waals surface area contributed by atoms with Crippen LogP contribution in [0.15, 0.2) is 0 Å². The van der Waals surface area contributed by atoms with Crippen LogP contribution in [0.4, 0.5) is 0 Å². The smallest absolute Gasteiger partial charge is 0.313 e. The van der Waals surface area contributed by atoms with Crippen LogP contribution >= 0.6 is 0 Å². The van der Waals surface area contributed by atoms with Gasteiger partial charge in [0, 0.05) is 12.8 Å². The van der Waals surface area contributed by atoms with Gasteiger partial charge in [0.2, 0.25) is 0 Å². The van der Waals surface area contributed by atoms with E-state index in [2.05, 4.69) is 25.5 Å². The molecule has 0 aliphatic carbocycles. The Morgan fingerprint density at radius 2 is 1.60 bits per heavy atom. The predicted octanol–water partition coefficient (Wildman–Crippen LogP) is 3.07. The maximum Gasteiger partial charge on any atom is 0.313 e. The summed E-state index contributed by atoms with van der Waals surface area (Å²) in [7, 11) is 0. The van der Waals surface area contributed by atoms with Crippen LogP contribution in [-0.2, 0) is 14.3 Å². The molecule has 0 atom stereocenters. The molecule has 0 aromatic rings. The van der Waals surface area contributed by atoms with E-state index in [0.29, 0.717) is 12.8 Å². The van der Waals surface area contributed by atoms with Gasteiger partial charge in [0.15, 0.2) is 0 Å². The molecule has 0 unspecified atom stereocenters. The van der Waals surface area contributed by atoms with Crippen LogP contribution in [0, 0.1) is 5.41 Å². The van der Waals surface area contributed by atoms with Crippen molar-refractivity contribution in [2.45, 2.75) is 59.8 Å². The lowest BCUT2D eigenvalue weighted by molar-refractivity contribution is -0.160. The molecule has 0 N–H and O–H groups in total. The average Bonchev–Trinajstić information content (AvgIpc) is 2.10. The molecule has 0 spiro atoms. The van der Waals surface area contributed by atoms with Crippen molar-refractivity contribution in [3.63, 3.8) is 0 Å². The van der Waals surface area contributed by atoms with Crippen LogP contribution < -0.4 is 0 Å². The van der Waals surface area contributed by atoms with Crippen molar-refractivity contribution < 1.29 is 14.3 Å². The first-order valence-corrected chi connectivity index (χ1v) is 5.58. The maximum absolute atomic E-state index is 11.2. The second-order valence-electron chi connectivity index (χ2n) is 5.01. The minimum absolute atomic E-state index is 0.103. The molecule has 0 aliphatic heterocycles. The Labute approximate surface area is 92.2 Å². The van der Waals surface area contributed by atoms with Crippen molar-refractivity contribution >= 4 is 11.9 Å². The summed E-state index contributed by atoms with van der Waals surface area (Å²) < 4.78 is 4.67. The average molecular weight is 214 g/mol. The molecule has 3 heteroatoms. The number of unbranched alkanes of at least 4 members (excludes halogenated alkanes) is 1. The van der Waals surface area contributed by atoms with E-state index in [9.17, 15) is 9.59 Å². The molecule has 0 aliphatic rings. The van der Waals surface area contributed by atoms with Gasteiger partial charge in [0.05, 0.1) is 0 Å². The van der Waals surface area contributed by atoms with Crippen LogP contribution in [0.2, 0.25) is 0 Å². The lowest BCUT2D eigenvalue weighted by Gasteiger charge is -2.16. The highest BCUT2D eigenvalue weighted by atomic mass is 16.6. The minimum atomic E-state index is -0.397. The molecule has 0 rings (SSSR count). The molecule has 0 heterocycles. The first-order chi connectivity index (χ1) is 6.85. The second-order valence-corrected chi connectivity index (χ2v) is 5.01. The van der Waals surface area contributed by atoms with Crippen molar-refractivity contribution in [3.8, 4) is 0 Å². The van der Waals surface area contributed by atoms with E-state index in [-0.39, 0.29) is 5.41 Å². The Kier molecular flexibility index (Phi) is 6.21. The molecule has 3 nitrogen and oxygen atoms in total. The lowest BCUT2D eigenvalue weighted by atomic mass is 9.91. The standard InChI is InChI=1S/C12H22O3/c1-5-6-7-10(13)15-11(14)8-9-12(2,3)4/h5-9H2,1-4H3. The first kappa shape index (κ1) is 14.1. The van der Waals surface area contributed by atoms with E-state index in [0.717, 1.165) is 19.3 Å². The number of esters is 2. The molecule has 0 amide bonds. The Morgan fingerprint density at radius 3 is 2.07 bits per heavy atom. The van der Waals surface area contributed by atoms with Gasteiger partial charge in [0.25, 0.3) is 0 Å². The van der Waals surface area contributed by atoms with E-state index >= 15 is 0 Å². The van der Waals surface area contributed by atoms with Gasteiger partial charge in [-0.05, 0) is 18.3 Å². The summed E-state index contributed by atoms with van der Waals surface area (Å²) in [4.78, 5) is 22.3. The number of carbonyl (C=O) groups excluding carboxylic acids is 2. The van der Waals surface area contributed by atoms with E-state index in [1.54, 1.807) is 0 Å². The molecule has 0 saturated carbocycles. The Balaban J connectivity index is 3.70. The van der Waals surface area contributed by atoms with Crippen LogP contribution in [0.1, 0.15) is 59.8 Å². The number of carbonyl (C=O) groups is 2. The van der Waals surface area contributed by atoms with Gasteiger partial charge in [-0.15, -0.1) is 0 Å². The van der Waals surface area contributed by atoms with Crippen LogP contribution in [0.25, 0.3) is 0 Å². The maximum atomic E-state index is 11.2. The third kappa shape index (κ3) is 9.44. The monoisotopic (exact) mass is 214 g/mol. The molecule has 0 aromatic heterocycles. The lowest BCUT2D eigenvalue weighted by Crippen LogP contribution is -2.15. The molecule has 15 heavy (non-hydrogen) atoms. The molecule has 0 bridgehead atoms. The zero-order chi connectivity index (χ0) is 11.9. The summed E-state index contributed by atoms with van der Waals surface area (Å²) >= 11 is 0. The fourth-order valence-corrected chi connectivity index (χ4v) is 1.03. The molecular weight excluding hydrogens is 192 g/mol. The largest absolute Gasteiger partial charge is 0.393 e. The van der Waals surface area contributed by atoms with Gasteiger partial charge in [0.1, 0.15) is 0 Å². The first-order valence-electron chi connectivity index (χ1n) is 5.58. The summed E-state index contributed by atoms with van der Waals surface area (Å²) in [5.41, 5.74) is 0.103. The number of rotatable bonds is 5. The second kappa shape index (κ2) is 6.59. The normalized spacial score (nSPS) is 11.2. The van der Waals surface area contributed by atoms with Crippen molar-refractivity contribution in [1.29, 1.82) is 0 Å². The van der Waals surface area contributed by atoms with Crippen molar-refractivity contribution in [3.05, 3.63) is 0 Å². The summed E-state index contributed by atoms with van der Waals surface area (Å²) in [6.07, 6.45) is 3.13. The molecule has 0 fully saturated rings. The van der Waals surface area contributed by atoms with E-state index in [4.69, 9.17) is 0 Å². The molecule has 88 valence electrons. The van der Waals surface area contributed by atoms with Gasteiger partial charge in [-0.2, -0.15) is 0 Å². The molecule has 0 saturated heterocycles. The van der Waals surface area contributed by atoms with E-state index in [1.165, 1.54) is 0 Å². The molecule has 0 radical (unpaired) electrons. The van der Waals surface area contributed by atoms with Crippen molar-refractivity contribution in [1.82, 2.24) is 0 Å². The topological polar surface area (TPSA) is 43.4 Å². The Bertz CT molecular complexity index is 213. The van der Waals surface area contributed by atoms with E-state index < -0.39 is 11.9 Å². The van der Waals surface area contributed by atoms with Gasteiger partial charge >= 0.3 is 11.9 Å². The number of hydrogen-bond acceptors (Lipinski definition) is 3. The fourth-order valence-electron chi connectivity index (χ4n) is 1.03. The molecular formula is C12H22O3. The highest BCUT2D eigenvalue weighted by Crippen LogP contribution is 2.20. The van der Waals surface area contributed by atoms with E-state index in [1.807, 2.05) is 6.92 Å². The van der Waals surface area contributed by atoms with Crippen molar-refractivity contribution in [2.75, 3.05) is 0 Å². The van der Waals surface area contributed by atoms with Crippen LogP contribution in [0.3, 0.4) is 0 Å². The summed E-state index contributed by atoms with van der Waals surface area (Å²) in [6, 6.07) is 0. The summed E-state index contributed by atoms with van der Waals surface area (Å²) in [5.74, 6) is -0.790. The number of hydrogen-bond donors (Lipinski definition) is 0. The Morgan fingerprint density at radius 1 is 1.07 bits per heavy atom. The summed E-state index contributed by atoms with van der Waals surface area (Å²) in [6.45, 7) is 8.16. The van der Waals surface area contributed by atoms with Crippen molar-refractivity contribution in [2.24, 2.45) is 5.41 Å². The van der Waals surface area contributed by atoms with Crippen LogP contribution in [-0.4, -0.2) is 11.9 Å². The zero-order valence-electron chi connectivity index (χ0n) is 10.3.